The van der Waals surface area contributed by atoms with Crippen molar-refractivity contribution in [1.29, 1.82) is 0 Å². The van der Waals surface area contributed by atoms with Crippen LogP contribution in [0.15, 0.2) is 0 Å². The molecule has 1 saturated heterocycles. The van der Waals surface area contributed by atoms with Crippen LogP contribution in [0.2, 0.25) is 0 Å². The van der Waals surface area contributed by atoms with Crippen LogP contribution in [0.25, 0.3) is 0 Å². The van der Waals surface area contributed by atoms with Gasteiger partial charge in [-0.05, 0) is 62.2 Å². The molecule has 1 amide bonds. The van der Waals surface area contributed by atoms with Crippen LogP contribution in [-0.2, 0) is 4.79 Å². The van der Waals surface area contributed by atoms with Crippen molar-refractivity contribution in [3.8, 4) is 0 Å². The van der Waals surface area contributed by atoms with Gasteiger partial charge in [0.1, 0.15) is 0 Å². The number of fused-ring (bicyclic) bond motifs is 2. The molecule has 2 aliphatic carbocycles. The van der Waals surface area contributed by atoms with E-state index in [4.69, 9.17) is 5.73 Å². The number of nitrogens with two attached hydrogens (primary N) is 1. The lowest BCUT2D eigenvalue weighted by Gasteiger charge is -2.46. The van der Waals surface area contributed by atoms with E-state index >= 15 is 0 Å². The van der Waals surface area contributed by atoms with Crippen molar-refractivity contribution in [2.75, 3.05) is 13.1 Å². The monoisotopic (exact) mass is 306 g/mol. The Kier molecular flexibility index (Phi) is 4.82. The Morgan fingerprint density at radius 2 is 1.91 bits per heavy atom. The lowest BCUT2D eigenvalue weighted by Crippen LogP contribution is -2.52. The summed E-state index contributed by atoms with van der Waals surface area (Å²) in [6.07, 6.45) is 10.9. The summed E-state index contributed by atoms with van der Waals surface area (Å²) in [6, 6.07) is 0.365. The fourth-order valence-corrected chi connectivity index (χ4v) is 5.56. The summed E-state index contributed by atoms with van der Waals surface area (Å²) in [6.45, 7) is 6.60. The number of hydrogen-bond acceptors (Lipinski definition) is 2. The standard InChI is InChI=1S/C19H34N2O/c1-3-8-19(2)9-5-10-21(13-19)18(22)16-11-14-6-4-7-15(12-16)17(14)20/h14-17H,3-13,20H2,1-2H3. The molecule has 3 aliphatic rings. The van der Waals surface area contributed by atoms with E-state index in [0.29, 0.717) is 29.2 Å². The molecule has 3 heteroatoms. The molecule has 3 atom stereocenters. The van der Waals surface area contributed by atoms with E-state index < -0.39 is 0 Å². The summed E-state index contributed by atoms with van der Waals surface area (Å²) in [5.74, 6) is 1.92. The van der Waals surface area contributed by atoms with Crippen molar-refractivity contribution < 1.29 is 4.79 Å². The molecule has 1 heterocycles. The van der Waals surface area contributed by atoms with Gasteiger partial charge in [0.25, 0.3) is 0 Å². The quantitative estimate of drug-likeness (QED) is 0.866. The molecule has 0 radical (unpaired) electrons. The van der Waals surface area contributed by atoms with Gasteiger partial charge in [0.15, 0.2) is 0 Å². The van der Waals surface area contributed by atoms with Crippen molar-refractivity contribution in [2.24, 2.45) is 28.9 Å². The molecule has 0 spiro atoms. The second kappa shape index (κ2) is 6.51. The van der Waals surface area contributed by atoms with Gasteiger partial charge in [-0.2, -0.15) is 0 Å². The molecule has 3 rings (SSSR count). The Morgan fingerprint density at radius 3 is 2.55 bits per heavy atom. The zero-order valence-electron chi connectivity index (χ0n) is 14.5. The summed E-state index contributed by atoms with van der Waals surface area (Å²) >= 11 is 0. The van der Waals surface area contributed by atoms with Gasteiger partial charge in [0.2, 0.25) is 5.91 Å². The normalized spacial score (nSPS) is 42.2. The Morgan fingerprint density at radius 1 is 1.23 bits per heavy atom. The molecule has 3 unspecified atom stereocenters. The smallest absolute Gasteiger partial charge is 0.225 e. The number of rotatable bonds is 3. The van der Waals surface area contributed by atoms with Gasteiger partial charge >= 0.3 is 0 Å². The maximum Gasteiger partial charge on any atom is 0.225 e. The Labute approximate surface area is 136 Å². The molecular formula is C19H34N2O. The largest absolute Gasteiger partial charge is 0.342 e. The maximum absolute atomic E-state index is 13.1. The van der Waals surface area contributed by atoms with Crippen LogP contribution in [0.1, 0.15) is 71.6 Å². The van der Waals surface area contributed by atoms with E-state index in [1.54, 1.807) is 0 Å². The molecule has 0 aromatic heterocycles. The summed E-state index contributed by atoms with van der Waals surface area (Å²) < 4.78 is 0. The Balaban J connectivity index is 1.64. The molecule has 0 aromatic carbocycles. The van der Waals surface area contributed by atoms with Gasteiger partial charge in [0, 0.05) is 25.0 Å². The molecule has 0 aromatic rings. The highest BCUT2D eigenvalue weighted by atomic mass is 16.2. The zero-order valence-corrected chi connectivity index (χ0v) is 14.5. The molecule has 3 fully saturated rings. The average molecular weight is 306 g/mol. The van der Waals surface area contributed by atoms with E-state index in [-0.39, 0.29) is 5.92 Å². The van der Waals surface area contributed by atoms with Crippen LogP contribution in [0, 0.1) is 23.2 Å². The molecule has 126 valence electrons. The molecule has 2 saturated carbocycles. The lowest BCUT2D eigenvalue weighted by molar-refractivity contribution is -0.142. The van der Waals surface area contributed by atoms with Crippen molar-refractivity contribution in [3.63, 3.8) is 0 Å². The minimum atomic E-state index is 0.263. The molecule has 2 N–H and O–H groups in total. The number of piperidine rings is 1. The molecular weight excluding hydrogens is 272 g/mol. The maximum atomic E-state index is 13.1. The molecule has 2 bridgehead atoms. The van der Waals surface area contributed by atoms with Gasteiger partial charge in [-0.1, -0.05) is 26.7 Å². The van der Waals surface area contributed by atoms with Crippen LogP contribution in [0.4, 0.5) is 0 Å². The fraction of sp³-hybridized carbons (Fsp3) is 0.947. The van der Waals surface area contributed by atoms with E-state index in [2.05, 4.69) is 18.7 Å². The third-order valence-corrected chi connectivity index (χ3v) is 6.71. The molecule has 22 heavy (non-hydrogen) atoms. The number of hydrogen-bond donors (Lipinski definition) is 1. The van der Waals surface area contributed by atoms with Crippen LogP contribution in [0.3, 0.4) is 0 Å². The molecule has 3 nitrogen and oxygen atoms in total. The van der Waals surface area contributed by atoms with Gasteiger partial charge < -0.3 is 10.6 Å². The highest BCUT2D eigenvalue weighted by Gasteiger charge is 2.43. The SMILES string of the molecule is CCCC1(C)CCCN(C(=O)C2CC3CCCC(C2)C3N)C1. The van der Waals surface area contributed by atoms with Gasteiger partial charge in [0.05, 0.1) is 0 Å². The van der Waals surface area contributed by atoms with Crippen LogP contribution < -0.4 is 5.73 Å². The van der Waals surface area contributed by atoms with Crippen molar-refractivity contribution in [1.82, 2.24) is 4.90 Å². The van der Waals surface area contributed by atoms with Gasteiger partial charge in [-0.25, -0.2) is 0 Å². The first-order valence-corrected chi connectivity index (χ1v) is 9.57. The van der Waals surface area contributed by atoms with E-state index in [1.165, 1.54) is 44.9 Å². The summed E-state index contributed by atoms with van der Waals surface area (Å²) in [7, 11) is 0. The minimum Gasteiger partial charge on any atom is -0.342 e. The van der Waals surface area contributed by atoms with E-state index in [1.807, 2.05) is 0 Å². The average Bonchev–Trinajstić information content (AvgIpc) is 2.46. The Hall–Kier alpha value is -0.570. The van der Waals surface area contributed by atoms with Crippen molar-refractivity contribution in [2.45, 2.75) is 77.7 Å². The van der Waals surface area contributed by atoms with E-state index in [9.17, 15) is 4.79 Å². The summed E-state index contributed by atoms with van der Waals surface area (Å²) in [5.41, 5.74) is 6.73. The zero-order chi connectivity index (χ0) is 15.7. The first-order chi connectivity index (χ1) is 10.5. The predicted octanol–water partition coefficient (Wildman–Crippen LogP) is 3.57. The highest BCUT2D eigenvalue weighted by Crippen LogP contribution is 2.43. The topological polar surface area (TPSA) is 46.3 Å². The van der Waals surface area contributed by atoms with Crippen LogP contribution >= 0.6 is 0 Å². The number of amides is 1. The summed E-state index contributed by atoms with van der Waals surface area (Å²) in [4.78, 5) is 15.3. The van der Waals surface area contributed by atoms with Crippen LogP contribution in [0.5, 0.6) is 0 Å². The lowest BCUT2D eigenvalue weighted by atomic mass is 9.64. The first kappa shape index (κ1) is 16.3. The van der Waals surface area contributed by atoms with Crippen molar-refractivity contribution >= 4 is 5.91 Å². The third kappa shape index (κ3) is 3.20. The molecule has 1 aliphatic heterocycles. The highest BCUT2D eigenvalue weighted by molar-refractivity contribution is 5.79. The second-order valence-corrected chi connectivity index (χ2v) is 8.62. The number of likely N-dealkylation sites (tertiary alicyclic amines) is 1. The van der Waals surface area contributed by atoms with Crippen LogP contribution in [-0.4, -0.2) is 29.9 Å². The first-order valence-electron chi connectivity index (χ1n) is 9.57. The summed E-state index contributed by atoms with van der Waals surface area (Å²) in [5, 5.41) is 0. The number of carbonyl (C=O) groups excluding carboxylic acids is 1. The van der Waals surface area contributed by atoms with Gasteiger partial charge in [-0.3, -0.25) is 4.79 Å². The fourth-order valence-electron chi connectivity index (χ4n) is 5.56. The second-order valence-electron chi connectivity index (χ2n) is 8.62. The Bertz CT molecular complexity index is 392. The minimum absolute atomic E-state index is 0.263. The van der Waals surface area contributed by atoms with Crippen molar-refractivity contribution in [3.05, 3.63) is 0 Å². The number of nitrogens with zero attached hydrogens (tertiary/aromatic N) is 1. The van der Waals surface area contributed by atoms with Gasteiger partial charge in [-0.15, -0.1) is 0 Å². The predicted molar refractivity (Wildman–Crippen MR) is 90.4 cm³/mol. The third-order valence-electron chi connectivity index (χ3n) is 6.71. The number of carbonyl (C=O) groups is 1. The van der Waals surface area contributed by atoms with E-state index in [0.717, 1.165) is 25.9 Å².